The van der Waals surface area contributed by atoms with Crippen molar-refractivity contribution in [2.75, 3.05) is 13.6 Å². The molecule has 0 aromatic carbocycles. The van der Waals surface area contributed by atoms with Crippen molar-refractivity contribution in [1.29, 1.82) is 0 Å². The normalized spacial score (nSPS) is 26.0. The fourth-order valence-corrected chi connectivity index (χ4v) is 3.83. The summed E-state index contributed by atoms with van der Waals surface area (Å²) in [6.45, 7) is 16.3. The van der Waals surface area contributed by atoms with E-state index in [0.29, 0.717) is 0 Å². The lowest BCUT2D eigenvalue weighted by atomic mass is 9.77. The number of fused-ring (bicyclic) bond motifs is 1. The molecule has 22 heavy (non-hydrogen) atoms. The van der Waals surface area contributed by atoms with E-state index in [9.17, 15) is 4.79 Å². The minimum absolute atomic E-state index is 0.0104. The van der Waals surface area contributed by atoms with Gasteiger partial charge in [-0.3, -0.25) is 9.79 Å². The fourth-order valence-electron chi connectivity index (χ4n) is 3.83. The van der Waals surface area contributed by atoms with E-state index in [2.05, 4.69) is 58.7 Å². The van der Waals surface area contributed by atoms with Gasteiger partial charge in [-0.15, -0.1) is 0 Å². The minimum atomic E-state index is -0.0467. The monoisotopic (exact) mass is 305 g/mol. The number of nitrogens with zero attached hydrogens (tertiary/aromatic N) is 2. The lowest BCUT2D eigenvalue weighted by molar-refractivity contribution is -0.123. The van der Waals surface area contributed by atoms with E-state index in [0.717, 1.165) is 18.8 Å². The van der Waals surface area contributed by atoms with Gasteiger partial charge >= 0.3 is 0 Å². The summed E-state index contributed by atoms with van der Waals surface area (Å²) in [5, 5.41) is 2.84. The zero-order valence-electron chi connectivity index (χ0n) is 15.4. The summed E-state index contributed by atoms with van der Waals surface area (Å²) in [4.78, 5) is 19.7. The molecule has 1 saturated heterocycles. The molecule has 0 bridgehead atoms. The molecule has 2 atom stereocenters. The summed E-state index contributed by atoms with van der Waals surface area (Å²) < 4.78 is 0. The third-order valence-corrected chi connectivity index (χ3v) is 4.57. The molecule has 1 fully saturated rings. The van der Waals surface area contributed by atoms with Crippen LogP contribution in [0.2, 0.25) is 0 Å². The van der Waals surface area contributed by atoms with Crippen LogP contribution in [-0.2, 0) is 4.79 Å². The second kappa shape index (κ2) is 5.39. The maximum absolute atomic E-state index is 12.4. The first-order valence-corrected chi connectivity index (χ1v) is 8.30. The number of hydrogen-bond acceptors (Lipinski definition) is 3. The number of carbonyl (C=O) groups excluding carboxylic acids is 1. The standard InChI is InChI=1S/C18H31N3O/c1-11-13(17(2,3)4)14-12(15(22)19-8)9-10-21(14)16(20-11)18(5,6)7/h11-12H,9-10H2,1-8H3,(H,19,22)/t11-,12?/m0/s1. The molecule has 0 aliphatic carbocycles. The minimum Gasteiger partial charge on any atom is -0.359 e. The molecule has 1 N–H and O–H groups in total. The predicted octanol–water partition coefficient (Wildman–Crippen LogP) is 3.20. The number of amidine groups is 1. The number of carbonyl (C=O) groups is 1. The maximum atomic E-state index is 12.4. The highest BCUT2D eigenvalue weighted by atomic mass is 16.1. The molecular formula is C18H31N3O. The van der Waals surface area contributed by atoms with Gasteiger partial charge in [0.15, 0.2) is 0 Å². The van der Waals surface area contributed by atoms with Gasteiger partial charge in [-0.2, -0.15) is 0 Å². The molecule has 0 aromatic heterocycles. The molecule has 0 saturated carbocycles. The second-order valence-corrected chi connectivity index (χ2v) is 8.53. The molecule has 4 heteroatoms. The smallest absolute Gasteiger partial charge is 0.228 e. The average molecular weight is 305 g/mol. The molecule has 0 radical (unpaired) electrons. The highest BCUT2D eigenvalue weighted by molar-refractivity contribution is 5.93. The number of rotatable bonds is 1. The van der Waals surface area contributed by atoms with Crippen LogP contribution >= 0.6 is 0 Å². The van der Waals surface area contributed by atoms with Crippen LogP contribution in [0.3, 0.4) is 0 Å². The number of aliphatic imine (C=N–C) groups is 1. The van der Waals surface area contributed by atoms with Crippen molar-refractivity contribution in [3.8, 4) is 0 Å². The number of nitrogens with one attached hydrogen (secondary N) is 1. The van der Waals surface area contributed by atoms with Gasteiger partial charge in [0.25, 0.3) is 0 Å². The van der Waals surface area contributed by atoms with E-state index in [1.54, 1.807) is 7.05 Å². The highest BCUT2D eigenvalue weighted by Crippen LogP contribution is 2.45. The molecule has 1 amide bonds. The van der Waals surface area contributed by atoms with Crippen molar-refractivity contribution in [1.82, 2.24) is 10.2 Å². The Morgan fingerprint density at radius 2 is 1.77 bits per heavy atom. The van der Waals surface area contributed by atoms with Gasteiger partial charge in [-0.05, 0) is 24.3 Å². The Morgan fingerprint density at radius 1 is 1.18 bits per heavy atom. The SMILES string of the molecule is CNC(=O)C1CCN2C(C(C)(C)C)=N[C@@H](C)C(C(C)(C)C)=C12. The van der Waals surface area contributed by atoms with Crippen molar-refractivity contribution in [2.45, 2.75) is 60.9 Å². The largest absolute Gasteiger partial charge is 0.359 e. The molecule has 2 aliphatic rings. The van der Waals surface area contributed by atoms with Crippen LogP contribution in [0, 0.1) is 16.7 Å². The molecule has 4 nitrogen and oxygen atoms in total. The first-order valence-electron chi connectivity index (χ1n) is 8.30. The lowest BCUT2D eigenvalue weighted by Crippen LogP contribution is -2.44. The third-order valence-electron chi connectivity index (χ3n) is 4.57. The van der Waals surface area contributed by atoms with E-state index >= 15 is 0 Å². The molecule has 2 heterocycles. The molecule has 0 aromatic rings. The molecule has 0 spiro atoms. The summed E-state index contributed by atoms with van der Waals surface area (Å²) in [7, 11) is 1.73. The van der Waals surface area contributed by atoms with E-state index in [-0.39, 0.29) is 28.7 Å². The van der Waals surface area contributed by atoms with Gasteiger partial charge in [-0.25, -0.2) is 0 Å². The second-order valence-electron chi connectivity index (χ2n) is 8.53. The Morgan fingerprint density at radius 3 is 2.23 bits per heavy atom. The molecule has 2 aliphatic heterocycles. The van der Waals surface area contributed by atoms with Gasteiger partial charge in [0.1, 0.15) is 5.84 Å². The fraction of sp³-hybridized carbons (Fsp3) is 0.778. The summed E-state index contributed by atoms with van der Waals surface area (Å²) in [5.74, 6) is 1.20. The molecular weight excluding hydrogens is 274 g/mol. The first kappa shape index (κ1) is 17.0. The first-order chi connectivity index (χ1) is 9.98. The van der Waals surface area contributed by atoms with Gasteiger partial charge in [0.05, 0.1) is 12.0 Å². The summed E-state index contributed by atoms with van der Waals surface area (Å²) in [6, 6.07) is 0.130. The highest BCUT2D eigenvalue weighted by Gasteiger charge is 2.45. The lowest BCUT2D eigenvalue weighted by Gasteiger charge is -2.42. The predicted molar refractivity (Wildman–Crippen MR) is 91.7 cm³/mol. The third kappa shape index (κ3) is 2.80. The van der Waals surface area contributed by atoms with Crippen LogP contribution < -0.4 is 5.32 Å². The van der Waals surface area contributed by atoms with Crippen molar-refractivity contribution in [2.24, 2.45) is 21.7 Å². The quantitative estimate of drug-likeness (QED) is 0.808. The van der Waals surface area contributed by atoms with Crippen molar-refractivity contribution in [3.05, 3.63) is 11.3 Å². The van der Waals surface area contributed by atoms with Crippen molar-refractivity contribution >= 4 is 11.7 Å². The topological polar surface area (TPSA) is 44.7 Å². The Bertz CT molecular complexity index is 532. The Hall–Kier alpha value is -1.32. The Balaban J connectivity index is 2.60. The Labute approximate surface area is 135 Å². The maximum Gasteiger partial charge on any atom is 0.228 e. The van der Waals surface area contributed by atoms with Gasteiger partial charge < -0.3 is 10.2 Å². The van der Waals surface area contributed by atoms with Gasteiger partial charge in [-0.1, -0.05) is 41.5 Å². The number of amides is 1. The van der Waals surface area contributed by atoms with Crippen LogP contribution in [0.5, 0.6) is 0 Å². The zero-order chi connectivity index (χ0) is 16.9. The molecule has 124 valence electrons. The van der Waals surface area contributed by atoms with Crippen LogP contribution in [0.1, 0.15) is 54.9 Å². The summed E-state index contributed by atoms with van der Waals surface area (Å²) >= 11 is 0. The number of hydrogen-bond donors (Lipinski definition) is 1. The van der Waals surface area contributed by atoms with Gasteiger partial charge in [0, 0.05) is 24.7 Å². The average Bonchev–Trinajstić information content (AvgIpc) is 2.77. The van der Waals surface area contributed by atoms with Crippen molar-refractivity contribution in [3.63, 3.8) is 0 Å². The molecule has 1 unspecified atom stereocenters. The van der Waals surface area contributed by atoms with Gasteiger partial charge in [0.2, 0.25) is 5.91 Å². The summed E-state index contributed by atoms with van der Waals surface area (Å²) in [6.07, 6.45) is 0.871. The van der Waals surface area contributed by atoms with Crippen LogP contribution in [0.25, 0.3) is 0 Å². The van der Waals surface area contributed by atoms with Crippen LogP contribution in [0.4, 0.5) is 0 Å². The van der Waals surface area contributed by atoms with Crippen molar-refractivity contribution < 1.29 is 4.79 Å². The van der Waals surface area contributed by atoms with Crippen LogP contribution in [-0.4, -0.2) is 36.3 Å². The molecule has 2 rings (SSSR count). The van der Waals surface area contributed by atoms with E-state index in [1.165, 1.54) is 11.3 Å². The van der Waals surface area contributed by atoms with E-state index < -0.39 is 0 Å². The van der Waals surface area contributed by atoms with E-state index in [4.69, 9.17) is 4.99 Å². The van der Waals surface area contributed by atoms with E-state index in [1.807, 2.05) is 0 Å². The van der Waals surface area contributed by atoms with Crippen LogP contribution in [0.15, 0.2) is 16.3 Å². The Kier molecular flexibility index (Phi) is 4.18. The summed E-state index contributed by atoms with van der Waals surface area (Å²) in [5.41, 5.74) is 2.52. The zero-order valence-corrected chi connectivity index (χ0v) is 15.4.